The number of benzene rings is 2. The minimum atomic E-state index is -0.407. The highest BCUT2D eigenvalue weighted by Crippen LogP contribution is 2.20. The second kappa shape index (κ2) is 7.62. The van der Waals surface area contributed by atoms with Gasteiger partial charge >= 0.3 is 5.97 Å². The highest BCUT2D eigenvalue weighted by atomic mass is 16.5. The molecule has 0 aliphatic heterocycles. The lowest BCUT2D eigenvalue weighted by Gasteiger charge is -2.08. The molecule has 0 unspecified atom stereocenters. The number of esters is 1. The van der Waals surface area contributed by atoms with E-state index in [1.165, 1.54) is 0 Å². The molecule has 4 heteroatoms. The minimum absolute atomic E-state index is 0.116. The van der Waals surface area contributed by atoms with Crippen LogP contribution in [-0.4, -0.2) is 15.5 Å². The molecule has 0 bridgehead atoms. The Hall–Kier alpha value is -3.14. The van der Waals surface area contributed by atoms with Crippen molar-refractivity contribution >= 4 is 5.97 Å². The van der Waals surface area contributed by atoms with Gasteiger partial charge in [0.15, 0.2) is 0 Å². The molecule has 0 fully saturated rings. The molecule has 2 aromatic carbocycles. The third-order valence-corrected chi connectivity index (χ3v) is 3.81. The number of hydrogen-bond donors (Lipinski definition) is 0. The van der Waals surface area contributed by atoms with Crippen molar-refractivity contribution < 1.29 is 9.53 Å². The van der Waals surface area contributed by atoms with Crippen molar-refractivity contribution in [1.82, 2.24) is 9.55 Å². The van der Waals surface area contributed by atoms with Crippen molar-refractivity contribution in [3.05, 3.63) is 90.4 Å². The summed E-state index contributed by atoms with van der Waals surface area (Å²) in [5, 5.41) is 0. The Morgan fingerprint density at radius 3 is 2.36 bits per heavy atom. The molecule has 0 saturated carbocycles. The molecule has 126 valence electrons. The van der Waals surface area contributed by atoms with Crippen molar-refractivity contribution in [1.29, 1.82) is 0 Å². The van der Waals surface area contributed by atoms with Crippen molar-refractivity contribution in [2.24, 2.45) is 0 Å². The molecule has 3 rings (SSSR count). The van der Waals surface area contributed by atoms with Gasteiger partial charge in [0.1, 0.15) is 12.4 Å². The van der Waals surface area contributed by atoms with Crippen molar-refractivity contribution in [3.8, 4) is 11.3 Å². The first-order chi connectivity index (χ1) is 12.1. The zero-order valence-corrected chi connectivity index (χ0v) is 14.2. The summed E-state index contributed by atoms with van der Waals surface area (Å²) < 4.78 is 7.31. The average molecular weight is 332 g/mol. The lowest BCUT2D eigenvalue weighted by atomic mass is 10.2. The second-order valence-electron chi connectivity index (χ2n) is 5.88. The topological polar surface area (TPSA) is 44.1 Å². The van der Waals surface area contributed by atoms with Gasteiger partial charge in [0.25, 0.3) is 0 Å². The average Bonchev–Trinajstić information content (AvgIpc) is 3.04. The summed E-state index contributed by atoms with van der Waals surface area (Å²) >= 11 is 0. The fraction of sp³-hybridized carbons (Fsp3) is 0.143. The maximum atomic E-state index is 11.7. The molecular weight excluding hydrogens is 312 g/mol. The van der Waals surface area contributed by atoms with Crippen LogP contribution in [0.15, 0.2) is 79.0 Å². The van der Waals surface area contributed by atoms with Gasteiger partial charge in [-0.3, -0.25) is 0 Å². The normalized spacial score (nSPS) is 10.4. The number of rotatable bonds is 6. The molecule has 0 aliphatic carbocycles. The zero-order chi connectivity index (χ0) is 17.6. The Bertz CT molecular complexity index is 867. The molecule has 4 nitrogen and oxygen atoms in total. The van der Waals surface area contributed by atoms with E-state index in [0.29, 0.717) is 17.9 Å². The lowest BCUT2D eigenvalue weighted by molar-refractivity contribution is -0.140. The van der Waals surface area contributed by atoms with Crippen LogP contribution in [0, 0.1) is 0 Å². The van der Waals surface area contributed by atoms with Gasteiger partial charge in [-0.15, -0.1) is 0 Å². The number of imidazole rings is 1. The van der Waals surface area contributed by atoms with Gasteiger partial charge in [0, 0.05) is 23.9 Å². The van der Waals surface area contributed by atoms with Crippen LogP contribution in [0.3, 0.4) is 0 Å². The van der Waals surface area contributed by atoms with Crippen LogP contribution >= 0.6 is 0 Å². The van der Waals surface area contributed by atoms with Crippen LogP contribution in [-0.2, 0) is 22.7 Å². The number of aromatic nitrogens is 2. The molecule has 0 N–H and O–H groups in total. The second-order valence-corrected chi connectivity index (χ2v) is 5.88. The van der Waals surface area contributed by atoms with E-state index in [4.69, 9.17) is 4.74 Å². The maximum absolute atomic E-state index is 11.7. The van der Waals surface area contributed by atoms with Crippen LogP contribution in [0.1, 0.15) is 18.3 Å². The van der Waals surface area contributed by atoms with E-state index in [-0.39, 0.29) is 6.61 Å². The summed E-state index contributed by atoms with van der Waals surface area (Å²) in [4.78, 5) is 16.4. The van der Waals surface area contributed by atoms with Crippen LogP contribution in [0.2, 0.25) is 0 Å². The number of hydrogen-bond acceptors (Lipinski definition) is 3. The molecule has 25 heavy (non-hydrogen) atoms. The first-order valence-electron chi connectivity index (χ1n) is 8.11. The highest BCUT2D eigenvalue weighted by molar-refractivity contribution is 5.86. The molecule has 0 saturated heterocycles. The van der Waals surface area contributed by atoms with E-state index in [2.05, 4.69) is 23.7 Å². The summed E-state index contributed by atoms with van der Waals surface area (Å²) in [6.07, 6.45) is 1.99. The molecule has 1 aromatic heterocycles. The fourth-order valence-corrected chi connectivity index (χ4v) is 2.49. The van der Waals surface area contributed by atoms with Crippen molar-refractivity contribution in [2.45, 2.75) is 20.1 Å². The van der Waals surface area contributed by atoms with Crippen molar-refractivity contribution in [3.63, 3.8) is 0 Å². The van der Waals surface area contributed by atoms with Crippen molar-refractivity contribution in [2.75, 3.05) is 0 Å². The number of carbonyl (C=O) groups excluding carboxylic acids is 1. The van der Waals surface area contributed by atoms with E-state index < -0.39 is 5.97 Å². The van der Waals surface area contributed by atoms with Crippen LogP contribution < -0.4 is 0 Å². The Morgan fingerprint density at radius 1 is 1.08 bits per heavy atom. The molecule has 0 amide bonds. The third-order valence-electron chi connectivity index (χ3n) is 3.81. The van der Waals surface area contributed by atoms with Crippen LogP contribution in [0.25, 0.3) is 11.3 Å². The van der Waals surface area contributed by atoms with Gasteiger partial charge in [-0.25, -0.2) is 9.78 Å². The molecule has 1 heterocycles. The maximum Gasteiger partial charge on any atom is 0.333 e. The van der Waals surface area contributed by atoms with Gasteiger partial charge < -0.3 is 9.30 Å². The molecular formula is C21H20N2O2. The predicted octanol–water partition coefficient (Wildman–Crippen LogP) is 4.22. The van der Waals surface area contributed by atoms with Gasteiger partial charge in [0.2, 0.25) is 0 Å². The monoisotopic (exact) mass is 332 g/mol. The van der Waals surface area contributed by atoms with E-state index >= 15 is 0 Å². The summed E-state index contributed by atoms with van der Waals surface area (Å²) in [5.41, 5.74) is 3.43. The number of carbonyl (C=O) groups is 1. The van der Waals surface area contributed by atoms with E-state index in [1.54, 1.807) is 6.92 Å². The smallest absolute Gasteiger partial charge is 0.333 e. The lowest BCUT2D eigenvalue weighted by Crippen LogP contribution is -2.10. The van der Waals surface area contributed by atoms with E-state index in [9.17, 15) is 4.79 Å². The predicted molar refractivity (Wildman–Crippen MR) is 97.8 cm³/mol. The Morgan fingerprint density at radius 2 is 1.72 bits per heavy atom. The summed E-state index contributed by atoms with van der Waals surface area (Å²) in [6, 6.07) is 20.1. The minimum Gasteiger partial charge on any atom is -0.454 e. The quantitative estimate of drug-likeness (QED) is 0.501. The SMILES string of the molecule is C=C(C)C(=O)OCc1nc(-c2ccccc2)cn1Cc1ccccc1. The zero-order valence-electron chi connectivity index (χ0n) is 14.2. The summed E-state index contributed by atoms with van der Waals surface area (Å²) in [5.74, 6) is 0.299. The highest BCUT2D eigenvalue weighted by Gasteiger charge is 2.12. The van der Waals surface area contributed by atoms with Crippen LogP contribution in [0.5, 0.6) is 0 Å². The molecule has 0 radical (unpaired) electrons. The summed E-state index contributed by atoms with van der Waals surface area (Å²) in [7, 11) is 0. The van der Waals surface area contributed by atoms with Gasteiger partial charge in [-0.05, 0) is 12.5 Å². The summed E-state index contributed by atoms with van der Waals surface area (Å²) in [6.45, 7) is 6.03. The molecule has 0 spiro atoms. The van der Waals surface area contributed by atoms with E-state index in [1.807, 2.05) is 59.3 Å². The third kappa shape index (κ3) is 4.23. The fourth-order valence-electron chi connectivity index (χ4n) is 2.49. The van der Waals surface area contributed by atoms with Gasteiger partial charge in [0.05, 0.1) is 5.69 Å². The Kier molecular flexibility index (Phi) is 5.09. The first-order valence-corrected chi connectivity index (χ1v) is 8.11. The standard InChI is InChI=1S/C21H20N2O2/c1-16(2)21(24)25-15-20-22-19(18-11-7-4-8-12-18)14-23(20)13-17-9-5-3-6-10-17/h3-12,14H,1,13,15H2,2H3. The first kappa shape index (κ1) is 16.7. The Balaban J connectivity index is 1.89. The van der Waals surface area contributed by atoms with Crippen LogP contribution in [0.4, 0.5) is 0 Å². The van der Waals surface area contributed by atoms with E-state index in [0.717, 1.165) is 16.8 Å². The Labute approximate surface area is 147 Å². The largest absolute Gasteiger partial charge is 0.454 e. The van der Waals surface area contributed by atoms with Gasteiger partial charge in [-0.2, -0.15) is 0 Å². The molecule has 0 atom stereocenters. The number of ether oxygens (including phenoxy) is 1. The molecule has 0 aliphatic rings. The van der Waals surface area contributed by atoms with Gasteiger partial charge in [-0.1, -0.05) is 67.2 Å². The number of nitrogens with zero attached hydrogens (tertiary/aromatic N) is 2. The molecule has 3 aromatic rings.